The second-order valence-corrected chi connectivity index (χ2v) is 9.14. The maximum Gasteiger partial charge on any atom is 0.301 e. The summed E-state index contributed by atoms with van der Waals surface area (Å²) in [6.07, 6.45) is 12.5. The lowest BCUT2D eigenvalue weighted by atomic mass is 10.0. The highest BCUT2D eigenvalue weighted by molar-refractivity contribution is 5.95. The van der Waals surface area contributed by atoms with Crippen LogP contribution in [0, 0.1) is 0 Å². The topological polar surface area (TPSA) is 125 Å². The first-order valence-electron chi connectivity index (χ1n) is 11.9. The molecule has 10 heteroatoms. The fourth-order valence-electron chi connectivity index (χ4n) is 5.37. The number of carbonyl (C=O) groups is 1. The number of aromatic nitrogens is 5. The highest BCUT2D eigenvalue weighted by atomic mass is 16.4. The van der Waals surface area contributed by atoms with Crippen LogP contribution in [0.15, 0.2) is 22.9 Å². The summed E-state index contributed by atoms with van der Waals surface area (Å²) >= 11 is 0. The van der Waals surface area contributed by atoms with Crippen molar-refractivity contribution in [3.05, 3.63) is 35.5 Å². The molecule has 0 bridgehead atoms. The van der Waals surface area contributed by atoms with E-state index >= 15 is 0 Å². The summed E-state index contributed by atoms with van der Waals surface area (Å²) in [5.74, 6) is 2.61. The van der Waals surface area contributed by atoms with Crippen molar-refractivity contribution in [3.8, 4) is 0 Å². The number of rotatable bonds is 6. The van der Waals surface area contributed by atoms with E-state index in [-0.39, 0.29) is 18.0 Å². The molecular formula is C23H28N8O2. The van der Waals surface area contributed by atoms with Crippen LogP contribution < -0.4 is 15.5 Å². The van der Waals surface area contributed by atoms with Crippen LogP contribution in [0.25, 0.3) is 0 Å². The van der Waals surface area contributed by atoms with E-state index in [1.165, 1.54) is 43.8 Å². The van der Waals surface area contributed by atoms with E-state index in [9.17, 15) is 4.79 Å². The number of oxazole rings is 1. The summed E-state index contributed by atoms with van der Waals surface area (Å²) in [6.45, 7) is 0.732. The van der Waals surface area contributed by atoms with Gasteiger partial charge in [0, 0.05) is 29.8 Å². The molecule has 3 aliphatic rings. The van der Waals surface area contributed by atoms with E-state index in [1.807, 2.05) is 4.90 Å². The Kier molecular flexibility index (Phi) is 5.20. The van der Waals surface area contributed by atoms with Gasteiger partial charge in [-0.1, -0.05) is 12.8 Å². The van der Waals surface area contributed by atoms with Crippen LogP contribution in [0.3, 0.4) is 0 Å². The average molecular weight is 449 g/mol. The molecule has 3 aromatic heterocycles. The van der Waals surface area contributed by atoms with Gasteiger partial charge >= 0.3 is 6.01 Å². The van der Waals surface area contributed by atoms with Gasteiger partial charge in [0.05, 0.1) is 11.9 Å². The van der Waals surface area contributed by atoms with E-state index < -0.39 is 0 Å². The van der Waals surface area contributed by atoms with E-state index in [4.69, 9.17) is 14.4 Å². The molecular weight excluding hydrogens is 420 g/mol. The fraction of sp³-hybridized carbons (Fsp3) is 0.522. The van der Waals surface area contributed by atoms with Crippen molar-refractivity contribution in [1.29, 1.82) is 0 Å². The summed E-state index contributed by atoms with van der Waals surface area (Å²) in [5.41, 5.74) is 3.42. The Labute approximate surface area is 191 Å². The maximum absolute atomic E-state index is 12.9. The van der Waals surface area contributed by atoms with Gasteiger partial charge < -0.3 is 14.6 Å². The first-order valence-corrected chi connectivity index (χ1v) is 11.9. The Morgan fingerprint density at radius 2 is 2.03 bits per heavy atom. The predicted molar refractivity (Wildman–Crippen MR) is 123 cm³/mol. The molecule has 2 aliphatic carbocycles. The van der Waals surface area contributed by atoms with E-state index in [1.54, 1.807) is 0 Å². The molecule has 172 valence electrons. The summed E-state index contributed by atoms with van der Waals surface area (Å²) in [7, 11) is 0. The van der Waals surface area contributed by atoms with Gasteiger partial charge in [-0.25, -0.2) is 9.97 Å². The molecule has 3 N–H and O–H groups in total. The summed E-state index contributed by atoms with van der Waals surface area (Å²) in [5, 5.41) is 13.9. The number of aryl methyl sites for hydroxylation is 1. The zero-order valence-corrected chi connectivity index (χ0v) is 18.5. The van der Waals surface area contributed by atoms with Gasteiger partial charge in [0.25, 0.3) is 5.91 Å². The van der Waals surface area contributed by atoms with Gasteiger partial charge in [-0.15, -0.1) is 0 Å². The van der Waals surface area contributed by atoms with Gasteiger partial charge in [-0.05, 0) is 44.9 Å². The molecule has 0 radical (unpaired) electrons. The number of nitrogens with zero attached hydrogens (tertiary/aromatic N) is 5. The second-order valence-electron chi connectivity index (χ2n) is 9.14. The van der Waals surface area contributed by atoms with Crippen LogP contribution in [0.5, 0.6) is 0 Å². The molecule has 0 spiro atoms. The highest BCUT2D eigenvalue weighted by Crippen LogP contribution is 2.35. The summed E-state index contributed by atoms with van der Waals surface area (Å²) in [4.78, 5) is 28.6. The summed E-state index contributed by atoms with van der Waals surface area (Å²) < 4.78 is 5.18. The van der Waals surface area contributed by atoms with E-state index in [0.29, 0.717) is 11.9 Å². The van der Waals surface area contributed by atoms with E-state index in [2.05, 4.69) is 31.9 Å². The third-order valence-electron chi connectivity index (χ3n) is 7.04. The van der Waals surface area contributed by atoms with Gasteiger partial charge in [-0.2, -0.15) is 10.1 Å². The zero-order valence-electron chi connectivity index (χ0n) is 18.5. The second kappa shape index (κ2) is 8.49. The van der Waals surface area contributed by atoms with Crippen molar-refractivity contribution in [3.63, 3.8) is 0 Å². The molecule has 1 amide bonds. The van der Waals surface area contributed by atoms with Gasteiger partial charge in [0.2, 0.25) is 5.95 Å². The Morgan fingerprint density at radius 1 is 1.12 bits per heavy atom. The number of hydrogen-bond acceptors (Lipinski definition) is 8. The minimum absolute atomic E-state index is 0.151. The Morgan fingerprint density at radius 3 is 2.88 bits per heavy atom. The van der Waals surface area contributed by atoms with E-state index in [0.717, 1.165) is 61.5 Å². The molecule has 2 fully saturated rings. The molecule has 1 saturated carbocycles. The van der Waals surface area contributed by atoms with Gasteiger partial charge in [-0.3, -0.25) is 15.2 Å². The van der Waals surface area contributed by atoms with Crippen LogP contribution >= 0.6 is 0 Å². The molecule has 0 unspecified atom stereocenters. The van der Waals surface area contributed by atoms with Crippen LogP contribution in [0.2, 0.25) is 0 Å². The van der Waals surface area contributed by atoms with Crippen LogP contribution in [-0.4, -0.2) is 43.6 Å². The molecule has 3 aromatic rings. The summed E-state index contributed by atoms with van der Waals surface area (Å²) in [6, 6.07) is 1.96. The standard InChI is InChI=1S/C23H28N8O2/c32-21(28-23-24-10-12-33-23)18-9-4-11-31(18)22-25-16-8-3-7-15(16)20(27-22)26-19-13-17(29-30-19)14-5-1-2-6-14/h10,12-14,18H,1-9,11H2,(H,24,28,32)(H2,25,26,27,29,30)/t18-/m1/s1. The van der Waals surface area contributed by atoms with Crippen LogP contribution in [0.4, 0.5) is 23.6 Å². The lowest BCUT2D eigenvalue weighted by Gasteiger charge is -2.24. The number of carbonyl (C=O) groups excluding carboxylic acids is 1. The third kappa shape index (κ3) is 3.94. The number of amides is 1. The fourth-order valence-corrected chi connectivity index (χ4v) is 5.37. The number of aromatic amines is 1. The molecule has 33 heavy (non-hydrogen) atoms. The number of H-pyrrole nitrogens is 1. The van der Waals surface area contributed by atoms with Gasteiger partial charge in [0.1, 0.15) is 18.1 Å². The molecule has 0 aromatic carbocycles. The quantitative estimate of drug-likeness (QED) is 0.521. The molecule has 1 atom stereocenters. The first kappa shape index (κ1) is 20.2. The third-order valence-corrected chi connectivity index (χ3v) is 7.04. The van der Waals surface area contributed by atoms with Crippen LogP contribution in [-0.2, 0) is 17.6 Å². The predicted octanol–water partition coefficient (Wildman–Crippen LogP) is 3.69. The minimum Gasteiger partial charge on any atom is -0.432 e. The number of nitrogens with one attached hydrogen (secondary N) is 3. The SMILES string of the molecule is O=C(Nc1ncco1)[C@H]1CCCN1c1nc2c(c(Nc3cc(C4CCCC4)[nH]n3)n1)CCC2. The smallest absolute Gasteiger partial charge is 0.301 e. The number of fused-ring (bicyclic) bond motifs is 1. The monoisotopic (exact) mass is 448 g/mol. The lowest BCUT2D eigenvalue weighted by Crippen LogP contribution is -2.40. The molecule has 1 aliphatic heterocycles. The first-order chi connectivity index (χ1) is 16.2. The van der Waals surface area contributed by atoms with Crippen molar-refractivity contribution in [1.82, 2.24) is 25.1 Å². The molecule has 4 heterocycles. The number of hydrogen-bond donors (Lipinski definition) is 3. The Hall–Kier alpha value is -3.43. The van der Waals surface area contributed by atoms with Crippen LogP contribution in [0.1, 0.15) is 67.8 Å². The Balaban J connectivity index is 1.25. The van der Waals surface area contributed by atoms with Crippen molar-refractivity contribution in [2.45, 2.75) is 69.7 Å². The van der Waals surface area contributed by atoms with Gasteiger partial charge in [0.15, 0.2) is 5.82 Å². The average Bonchev–Trinajstić information content (AvgIpc) is 3.64. The van der Waals surface area contributed by atoms with Crippen molar-refractivity contribution in [2.75, 3.05) is 22.1 Å². The lowest BCUT2D eigenvalue weighted by molar-refractivity contribution is -0.117. The Bertz CT molecular complexity index is 1140. The normalized spacial score (nSPS) is 20.4. The number of anilines is 4. The minimum atomic E-state index is -0.358. The highest BCUT2D eigenvalue weighted by Gasteiger charge is 2.34. The molecule has 6 rings (SSSR count). The maximum atomic E-state index is 12.9. The zero-order chi connectivity index (χ0) is 22.2. The van der Waals surface area contributed by atoms with Crippen molar-refractivity contribution < 1.29 is 9.21 Å². The largest absolute Gasteiger partial charge is 0.432 e. The van der Waals surface area contributed by atoms with Crippen molar-refractivity contribution in [2.24, 2.45) is 0 Å². The van der Waals surface area contributed by atoms with Crippen molar-refractivity contribution >= 4 is 29.5 Å². The molecule has 10 nitrogen and oxygen atoms in total. The molecule has 1 saturated heterocycles.